The third-order valence-corrected chi connectivity index (χ3v) is 4.72. The molecular weight excluding hydrogens is 318 g/mol. The molecular formula is C12H18BrNO3S. The van der Waals surface area contributed by atoms with Crippen molar-refractivity contribution in [3.8, 4) is 5.75 Å². The highest BCUT2D eigenvalue weighted by atomic mass is 79.9. The summed E-state index contributed by atoms with van der Waals surface area (Å²) in [6, 6.07) is 5.35. The van der Waals surface area contributed by atoms with E-state index in [-0.39, 0.29) is 24.2 Å². The van der Waals surface area contributed by atoms with Crippen molar-refractivity contribution in [2.45, 2.75) is 19.9 Å². The Kier molecular flexibility index (Phi) is 5.62. The first-order chi connectivity index (χ1) is 8.35. The summed E-state index contributed by atoms with van der Waals surface area (Å²) in [5, 5.41) is 0. The van der Waals surface area contributed by atoms with Crippen molar-refractivity contribution in [1.29, 1.82) is 0 Å². The molecule has 0 saturated heterocycles. The Balaban J connectivity index is 2.73. The topological polar surface area (TPSA) is 69.4 Å². The minimum Gasteiger partial charge on any atom is -0.492 e. The zero-order valence-corrected chi connectivity index (χ0v) is 12.9. The van der Waals surface area contributed by atoms with Gasteiger partial charge in [0.1, 0.15) is 12.4 Å². The minimum absolute atomic E-state index is 0.0258. The molecule has 1 atom stereocenters. The molecule has 6 heteroatoms. The highest BCUT2D eigenvalue weighted by Crippen LogP contribution is 2.27. The lowest BCUT2D eigenvalue weighted by atomic mass is 10.1. The molecule has 0 aliphatic heterocycles. The van der Waals surface area contributed by atoms with E-state index in [1.807, 2.05) is 19.1 Å². The van der Waals surface area contributed by atoms with E-state index in [2.05, 4.69) is 15.9 Å². The minimum atomic E-state index is -3.00. The van der Waals surface area contributed by atoms with Gasteiger partial charge in [0, 0.05) is 21.8 Å². The van der Waals surface area contributed by atoms with E-state index < -0.39 is 9.84 Å². The lowest BCUT2D eigenvalue weighted by Gasteiger charge is -2.14. The number of ether oxygens (including phenoxy) is 1. The van der Waals surface area contributed by atoms with Crippen molar-refractivity contribution in [3.63, 3.8) is 0 Å². The van der Waals surface area contributed by atoms with Crippen LogP contribution in [0.4, 0.5) is 0 Å². The van der Waals surface area contributed by atoms with Gasteiger partial charge in [0.2, 0.25) is 0 Å². The SMILES string of the molecule is CCS(=O)(=O)CCOc1ccc(Br)cc1[C@@H](C)N. The van der Waals surface area contributed by atoms with Crippen LogP contribution in [0.1, 0.15) is 25.5 Å². The van der Waals surface area contributed by atoms with Crippen molar-refractivity contribution in [2.24, 2.45) is 5.73 Å². The van der Waals surface area contributed by atoms with Crippen LogP contribution in [0.3, 0.4) is 0 Å². The van der Waals surface area contributed by atoms with Gasteiger partial charge in [-0.05, 0) is 25.1 Å². The Hall–Kier alpha value is -0.590. The van der Waals surface area contributed by atoms with Crippen molar-refractivity contribution < 1.29 is 13.2 Å². The molecule has 0 amide bonds. The normalized spacial score (nSPS) is 13.3. The molecule has 102 valence electrons. The smallest absolute Gasteiger partial charge is 0.153 e. The van der Waals surface area contributed by atoms with Gasteiger partial charge in [-0.1, -0.05) is 22.9 Å². The zero-order valence-electron chi connectivity index (χ0n) is 10.5. The first-order valence-corrected chi connectivity index (χ1v) is 8.35. The summed E-state index contributed by atoms with van der Waals surface area (Å²) in [5.41, 5.74) is 6.71. The number of hydrogen-bond acceptors (Lipinski definition) is 4. The summed E-state index contributed by atoms with van der Waals surface area (Å²) in [6.45, 7) is 3.64. The Morgan fingerprint density at radius 3 is 2.67 bits per heavy atom. The van der Waals surface area contributed by atoms with Crippen LogP contribution in [0.5, 0.6) is 5.75 Å². The monoisotopic (exact) mass is 335 g/mol. The molecule has 1 rings (SSSR count). The standard InChI is InChI=1S/C12H18BrNO3S/c1-3-18(15,16)7-6-17-12-5-4-10(13)8-11(12)9(2)14/h4-5,8-9H,3,6-7,14H2,1-2H3/t9-/m1/s1. The molecule has 0 aliphatic carbocycles. The third kappa shape index (κ3) is 4.59. The molecule has 4 nitrogen and oxygen atoms in total. The van der Waals surface area contributed by atoms with Gasteiger partial charge in [0.15, 0.2) is 9.84 Å². The maximum atomic E-state index is 11.4. The van der Waals surface area contributed by atoms with Gasteiger partial charge >= 0.3 is 0 Å². The fraction of sp³-hybridized carbons (Fsp3) is 0.500. The molecule has 0 fully saturated rings. The van der Waals surface area contributed by atoms with E-state index in [9.17, 15) is 8.42 Å². The maximum absolute atomic E-state index is 11.4. The quantitative estimate of drug-likeness (QED) is 0.865. The van der Waals surface area contributed by atoms with Crippen molar-refractivity contribution in [1.82, 2.24) is 0 Å². The van der Waals surface area contributed by atoms with Gasteiger partial charge in [0.05, 0.1) is 5.75 Å². The van der Waals surface area contributed by atoms with Crippen molar-refractivity contribution in [3.05, 3.63) is 28.2 Å². The van der Waals surface area contributed by atoms with E-state index in [0.29, 0.717) is 5.75 Å². The first kappa shape index (κ1) is 15.5. The van der Waals surface area contributed by atoms with Gasteiger partial charge in [-0.25, -0.2) is 8.42 Å². The molecule has 1 aromatic rings. The second kappa shape index (κ2) is 6.54. The molecule has 0 unspecified atom stereocenters. The van der Waals surface area contributed by atoms with Crippen molar-refractivity contribution >= 4 is 25.8 Å². The molecule has 0 bridgehead atoms. The molecule has 0 aliphatic rings. The van der Waals surface area contributed by atoms with E-state index in [4.69, 9.17) is 10.5 Å². The van der Waals surface area contributed by atoms with E-state index in [1.165, 1.54) is 0 Å². The Morgan fingerprint density at radius 1 is 1.44 bits per heavy atom. The highest BCUT2D eigenvalue weighted by molar-refractivity contribution is 9.10. The molecule has 0 spiro atoms. The van der Waals surface area contributed by atoms with Crippen LogP contribution in [-0.2, 0) is 9.84 Å². The van der Waals surface area contributed by atoms with Crippen LogP contribution in [0, 0.1) is 0 Å². The van der Waals surface area contributed by atoms with Gasteiger partial charge in [-0.3, -0.25) is 0 Å². The second-order valence-corrected chi connectivity index (χ2v) is 7.44. The number of hydrogen-bond donors (Lipinski definition) is 1. The zero-order chi connectivity index (χ0) is 13.8. The second-order valence-electron chi connectivity index (χ2n) is 4.06. The third-order valence-electron chi connectivity index (χ3n) is 2.55. The average molecular weight is 336 g/mol. The average Bonchev–Trinajstić information content (AvgIpc) is 2.30. The lowest BCUT2D eigenvalue weighted by Crippen LogP contribution is -2.17. The van der Waals surface area contributed by atoms with Crippen LogP contribution in [0.2, 0.25) is 0 Å². The molecule has 18 heavy (non-hydrogen) atoms. The Morgan fingerprint density at radius 2 is 2.11 bits per heavy atom. The lowest BCUT2D eigenvalue weighted by molar-refractivity contribution is 0.335. The van der Waals surface area contributed by atoms with Gasteiger partial charge in [-0.2, -0.15) is 0 Å². The molecule has 0 saturated carbocycles. The van der Waals surface area contributed by atoms with Crippen LogP contribution in [-0.4, -0.2) is 26.5 Å². The Bertz CT molecular complexity index is 500. The molecule has 1 aromatic carbocycles. The summed E-state index contributed by atoms with van der Waals surface area (Å²) >= 11 is 3.37. The number of halogens is 1. The number of nitrogens with two attached hydrogens (primary N) is 1. The van der Waals surface area contributed by atoms with Crippen LogP contribution in [0.25, 0.3) is 0 Å². The van der Waals surface area contributed by atoms with Crippen LogP contribution in [0.15, 0.2) is 22.7 Å². The van der Waals surface area contributed by atoms with Crippen LogP contribution < -0.4 is 10.5 Å². The number of rotatable bonds is 6. The van der Waals surface area contributed by atoms with Gasteiger partial charge in [-0.15, -0.1) is 0 Å². The highest BCUT2D eigenvalue weighted by Gasteiger charge is 2.11. The summed E-state index contributed by atoms with van der Waals surface area (Å²) in [5.74, 6) is 0.800. The molecule has 0 radical (unpaired) electrons. The number of benzene rings is 1. The summed E-state index contributed by atoms with van der Waals surface area (Å²) in [6.07, 6.45) is 0. The maximum Gasteiger partial charge on any atom is 0.153 e. The van der Waals surface area contributed by atoms with Crippen LogP contribution >= 0.6 is 15.9 Å². The molecule has 0 heterocycles. The van der Waals surface area contributed by atoms with Gasteiger partial charge < -0.3 is 10.5 Å². The van der Waals surface area contributed by atoms with Gasteiger partial charge in [0.25, 0.3) is 0 Å². The molecule has 0 aromatic heterocycles. The predicted molar refractivity (Wildman–Crippen MR) is 76.6 cm³/mol. The summed E-state index contributed by atoms with van der Waals surface area (Å²) in [7, 11) is -3.00. The summed E-state index contributed by atoms with van der Waals surface area (Å²) < 4.78 is 29.1. The number of sulfone groups is 1. The largest absolute Gasteiger partial charge is 0.492 e. The van der Waals surface area contributed by atoms with E-state index in [0.717, 1.165) is 10.0 Å². The van der Waals surface area contributed by atoms with E-state index in [1.54, 1.807) is 13.0 Å². The Labute approximate surface area is 117 Å². The fourth-order valence-corrected chi connectivity index (χ4v) is 2.43. The van der Waals surface area contributed by atoms with E-state index >= 15 is 0 Å². The van der Waals surface area contributed by atoms with Crippen molar-refractivity contribution in [2.75, 3.05) is 18.1 Å². The first-order valence-electron chi connectivity index (χ1n) is 5.74. The molecule has 2 N–H and O–H groups in total. The summed E-state index contributed by atoms with van der Waals surface area (Å²) in [4.78, 5) is 0. The predicted octanol–water partition coefficient (Wildman–Crippen LogP) is 2.28. The fourth-order valence-electron chi connectivity index (χ4n) is 1.43.